The number of sulfonamides is 1. The fraction of sp³-hybridized carbons (Fsp3) is 0.500. The van der Waals surface area contributed by atoms with Gasteiger partial charge in [0.25, 0.3) is 5.24 Å². The number of benzene rings is 1. The summed E-state index contributed by atoms with van der Waals surface area (Å²) in [6.45, 7) is 6.21. The highest BCUT2D eigenvalue weighted by Crippen LogP contribution is 2.26. The van der Waals surface area contributed by atoms with Crippen LogP contribution in [0, 0.1) is 0 Å². The molecule has 1 aromatic rings. The number of nitrogens with one attached hydrogen (secondary N) is 1. The van der Waals surface area contributed by atoms with Gasteiger partial charge in [0.1, 0.15) is 0 Å². The molecule has 10 heteroatoms. The molecular formula is C18H23N3O5S2. The van der Waals surface area contributed by atoms with Gasteiger partial charge in [0.05, 0.1) is 23.2 Å². The minimum Gasteiger partial charge on any atom is -0.337 e. The Morgan fingerprint density at radius 3 is 2.29 bits per heavy atom. The van der Waals surface area contributed by atoms with Gasteiger partial charge in [0.2, 0.25) is 21.8 Å². The highest BCUT2D eigenvalue weighted by Gasteiger charge is 2.43. The molecule has 0 unspecified atom stereocenters. The summed E-state index contributed by atoms with van der Waals surface area (Å²) in [5.41, 5.74) is 0.925. The van der Waals surface area contributed by atoms with Crippen molar-refractivity contribution < 1.29 is 22.8 Å². The van der Waals surface area contributed by atoms with Gasteiger partial charge in [-0.15, -0.1) is 0 Å². The number of amides is 3. The summed E-state index contributed by atoms with van der Waals surface area (Å²) in [6, 6.07) is 6.25. The van der Waals surface area contributed by atoms with Crippen LogP contribution < -0.4 is 4.72 Å². The topological polar surface area (TPSA) is 104 Å². The van der Waals surface area contributed by atoms with E-state index in [1.165, 1.54) is 21.9 Å². The van der Waals surface area contributed by atoms with Crippen LogP contribution in [0.4, 0.5) is 4.79 Å². The highest BCUT2D eigenvalue weighted by atomic mass is 32.2. The zero-order valence-corrected chi connectivity index (χ0v) is 17.6. The molecule has 0 aliphatic carbocycles. The highest BCUT2D eigenvalue weighted by molar-refractivity contribution is 8.14. The lowest BCUT2D eigenvalue weighted by Crippen LogP contribution is -2.63. The summed E-state index contributed by atoms with van der Waals surface area (Å²) in [7, 11) is -3.80. The molecular weight excluding hydrogens is 402 g/mol. The normalized spacial score (nSPS) is 18.5. The number of imide groups is 1. The SMILES string of the molecule is CC(C)(C)c1ccc(S(=O)(=O)NCC(=O)N2CC(N3C(=O)CSC3=O)C2)cc1. The molecule has 28 heavy (non-hydrogen) atoms. The minimum atomic E-state index is -3.80. The maximum atomic E-state index is 12.4. The van der Waals surface area contributed by atoms with Crippen LogP contribution in [0.3, 0.4) is 0 Å². The standard InChI is InChI=1S/C18H23N3O5S2/c1-18(2,3)12-4-6-14(7-5-12)28(25,26)19-8-15(22)20-9-13(10-20)21-16(23)11-27-17(21)24/h4-7,13,19H,8-11H2,1-3H3. The summed E-state index contributed by atoms with van der Waals surface area (Å²) in [5, 5.41) is -0.290. The first-order valence-electron chi connectivity index (χ1n) is 8.86. The van der Waals surface area contributed by atoms with E-state index < -0.39 is 15.9 Å². The van der Waals surface area contributed by atoms with Gasteiger partial charge in [-0.1, -0.05) is 44.7 Å². The summed E-state index contributed by atoms with van der Waals surface area (Å²) in [4.78, 5) is 38.3. The Kier molecular flexibility index (Phi) is 5.57. The molecule has 2 aliphatic heterocycles. The number of thioether (sulfide) groups is 1. The molecule has 0 atom stereocenters. The first-order valence-corrected chi connectivity index (χ1v) is 11.3. The van der Waals surface area contributed by atoms with Gasteiger partial charge in [-0.3, -0.25) is 19.3 Å². The number of nitrogens with zero attached hydrogens (tertiary/aromatic N) is 2. The summed E-state index contributed by atoms with van der Waals surface area (Å²) >= 11 is 0.957. The van der Waals surface area contributed by atoms with Crippen LogP contribution in [0.2, 0.25) is 0 Å². The van der Waals surface area contributed by atoms with Crippen LogP contribution in [0.25, 0.3) is 0 Å². The second kappa shape index (κ2) is 7.49. The molecule has 0 bridgehead atoms. The van der Waals surface area contributed by atoms with Crippen LogP contribution >= 0.6 is 11.8 Å². The van der Waals surface area contributed by atoms with Crippen LogP contribution in [0.5, 0.6) is 0 Å². The van der Waals surface area contributed by atoms with Gasteiger partial charge in [-0.2, -0.15) is 0 Å². The van der Waals surface area contributed by atoms with Crippen LogP contribution in [-0.4, -0.2) is 66.7 Å². The smallest absolute Gasteiger partial charge is 0.289 e. The van der Waals surface area contributed by atoms with Crippen LogP contribution in [0.1, 0.15) is 26.3 Å². The Morgan fingerprint density at radius 1 is 1.18 bits per heavy atom. The number of carbonyl (C=O) groups is 3. The average molecular weight is 426 g/mol. The van der Waals surface area contributed by atoms with E-state index in [0.717, 1.165) is 17.3 Å². The number of hydrogen-bond acceptors (Lipinski definition) is 6. The molecule has 2 saturated heterocycles. The second-order valence-electron chi connectivity index (χ2n) is 7.87. The van der Waals surface area contributed by atoms with Crippen molar-refractivity contribution in [2.45, 2.75) is 37.1 Å². The maximum Gasteiger partial charge on any atom is 0.289 e. The zero-order chi connectivity index (χ0) is 20.7. The van der Waals surface area contributed by atoms with E-state index in [4.69, 9.17) is 0 Å². The fourth-order valence-electron chi connectivity index (χ4n) is 3.03. The zero-order valence-electron chi connectivity index (χ0n) is 16.0. The molecule has 152 valence electrons. The van der Waals surface area contributed by atoms with Crippen LogP contribution in [0.15, 0.2) is 29.2 Å². The van der Waals surface area contributed by atoms with E-state index in [-0.39, 0.29) is 52.9 Å². The van der Waals surface area contributed by atoms with Crippen molar-refractivity contribution in [3.05, 3.63) is 29.8 Å². The van der Waals surface area contributed by atoms with Crippen molar-refractivity contribution in [2.24, 2.45) is 0 Å². The molecule has 3 rings (SSSR count). The van der Waals surface area contributed by atoms with Gasteiger partial charge >= 0.3 is 0 Å². The Hall–Kier alpha value is -1.91. The van der Waals surface area contributed by atoms with Gasteiger partial charge < -0.3 is 4.90 Å². The lowest BCUT2D eigenvalue weighted by molar-refractivity contribution is -0.141. The van der Waals surface area contributed by atoms with Crippen molar-refractivity contribution in [2.75, 3.05) is 25.4 Å². The quantitative estimate of drug-likeness (QED) is 0.759. The maximum absolute atomic E-state index is 12.4. The van der Waals surface area contributed by atoms with Gasteiger partial charge in [-0.05, 0) is 23.1 Å². The Balaban J connectivity index is 1.53. The largest absolute Gasteiger partial charge is 0.337 e. The molecule has 0 aromatic heterocycles. The molecule has 0 radical (unpaired) electrons. The van der Waals surface area contributed by atoms with Crippen molar-refractivity contribution >= 4 is 38.8 Å². The number of rotatable bonds is 5. The third kappa shape index (κ3) is 4.23. The average Bonchev–Trinajstić information content (AvgIpc) is 2.91. The third-order valence-corrected chi connectivity index (χ3v) is 7.06. The second-order valence-corrected chi connectivity index (χ2v) is 10.6. The predicted molar refractivity (Wildman–Crippen MR) is 105 cm³/mol. The van der Waals surface area contributed by atoms with Crippen molar-refractivity contribution in [3.63, 3.8) is 0 Å². The van der Waals surface area contributed by atoms with Crippen molar-refractivity contribution in [1.29, 1.82) is 0 Å². The Morgan fingerprint density at radius 2 is 1.79 bits per heavy atom. The molecule has 3 amide bonds. The number of carbonyl (C=O) groups excluding carboxylic acids is 3. The van der Waals surface area contributed by atoms with Crippen molar-refractivity contribution in [3.8, 4) is 0 Å². The minimum absolute atomic E-state index is 0.0870. The Labute approximate surface area is 168 Å². The van der Waals surface area contributed by atoms with Crippen LogP contribution in [-0.2, 0) is 25.0 Å². The molecule has 0 saturated carbocycles. The van der Waals surface area contributed by atoms with Gasteiger partial charge in [0, 0.05) is 13.1 Å². The lowest BCUT2D eigenvalue weighted by Gasteiger charge is -2.42. The first-order chi connectivity index (χ1) is 13.0. The van der Waals surface area contributed by atoms with E-state index in [0.29, 0.717) is 0 Å². The molecule has 0 spiro atoms. The van der Waals surface area contributed by atoms with Gasteiger partial charge in [0.15, 0.2) is 0 Å². The van der Waals surface area contributed by atoms with Gasteiger partial charge in [-0.25, -0.2) is 13.1 Å². The summed E-state index contributed by atoms with van der Waals surface area (Å²) in [5.74, 6) is -0.499. The molecule has 2 fully saturated rings. The Bertz CT molecular complexity index is 884. The van der Waals surface area contributed by atoms with E-state index in [9.17, 15) is 22.8 Å². The third-order valence-electron chi connectivity index (χ3n) is 4.81. The van der Waals surface area contributed by atoms with E-state index in [1.54, 1.807) is 12.1 Å². The molecule has 1 aromatic carbocycles. The molecule has 1 N–H and O–H groups in total. The monoisotopic (exact) mass is 425 g/mol. The van der Waals surface area contributed by atoms with E-state index >= 15 is 0 Å². The first kappa shape index (κ1) is 20.8. The lowest BCUT2D eigenvalue weighted by atomic mass is 9.87. The fourth-order valence-corrected chi connectivity index (χ4v) is 4.78. The van der Waals surface area contributed by atoms with E-state index in [1.807, 2.05) is 20.8 Å². The van der Waals surface area contributed by atoms with E-state index in [2.05, 4.69) is 4.72 Å². The summed E-state index contributed by atoms with van der Waals surface area (Å²) in [6.07, 6.45) is 0. The molecule has 2 heterocycles. The number of hydrogen-bond donors (Lipinski definition) is 1. The number of likely N-dealkylation sites (tertiary alicyclic amines) is 1. The van der Waals surface area contributed by atoms with Crippen molar-refractivity contribution in [1.82, 2.24) is 14.5 Å². The molecule has 8 nitrogen and oxygen atoms in total. The molecule has 2 aliphatic rings. The summed E-state index contributed by atoms with van der Waals surface area (Å²) < 4.78 is 27.1. The predicted octanol–water partition coefficient (Wildman–Crippen LogP) is 1.17.